The summed E-state index contributed by atoms with van der Waals surface area (Å²) >= 11 is 0. The molecule has 1 fully saturated rings. The Balaban J connectivity index is 2.00. The lowest BCUT2D eigenvalue weighted by Gasteiger charge is -2.20. The Morgan fingerprint density at radius 1 is 1.04 bits per heavy atom. The van der Waals surface area contributed by atoms with Gasteiger partial charge in [-0.15, -0.1) is 0 Å². The average molecular weight is 335 g/mol. The first kappa shape index (κ1) is 16.6. The van der Waals surface area contributed by atoms with E-state index in [0.717, 1.165) is 30.5 Å². The number of halogens is 3. The Morgan fingerprint density at radius 2 is 1.67 bits per heavy atom. The second-order valence-electron chi connectivity index (χ2n) is 6.23. The van der Waals surface area contributed by atoms with Crippen molar-refractivity contribution >= 4 is 11.5 Å². The molecule has 1 aliphatic heterocycles. The molecule has 2 aromatic rings. The Bertz CT molecular complexity index is 702. The molecule has 24 heavy (non-hydrogen) atoms. The second-order valence-corrected chi connectivity index (χ2v) is 6.23. The monoisotopic (exact) mass is 335 g/mol. The average Bonchev–Trinajstić information content (AvgIpc) is 3.08. The smallest absolute Gasteiger partial charge is 0.372 e. The molecule has 3 rings (SSSR count). The zero-order chi connectivity index (χ0) is 17.3. The minimum Gasteiger partial charge on any atom is -0.372 e. The molecule has 3 nitrogen and oxygen atoms in total. The molecule has 0 radical (unpaired) electrons. The normalized spacial score (nSPS) is 15.0. The quantitative estimate of drug-likeness (QED) is 0.827. The number of anilines is 2. The molecule has 0 N–H and O–H groups in total. The number of hydrogen-bond acceptors (Lipinski definition) is 3. The van der Waals surface area contributed by atoms with Gasteiger partial charge >= 0.3 is 6.18 Å². The first-order valence-electron chi connectivity index (χ1n) is 7.96. The van der Waals surface area contributed by atoms with Gasteiger partial charge in [-0.25, -0.2) is 4.98 Å². The fraction of sp³-hybridized carbons (Fsp3) is 0.389. The van der Waals surface area contributed by atoms with Crippen LogP contribution in [0.1, 0.15) is 18.4 Å². The lowest BCUT2D eigenvalue weighted by atomic mass is 10.0. The zero-order valence-corrected chi connectivity index (χ0v) is 13.8. The molecule has 1 aromatic heterocycles. The van der Waals surface area contributed by atoms with E-state index in [4.69, 9.17) is 0 Å². The van der Waals surface area contributed by atoms with Crippen LogP contribution in [-0.4, -0.2) is 32.2 Å². The summed E-state index contributed by atoms with van der Waals surface area (Å²) in [7, 11) is 3.55. The van der Waals surface area contributed by atoms with Gasteiger partial charge in [-0.05, 0) is 36.6 Å². The van der Waals surface area contributed by atoms with Gasteiger partial charge in [0.1, 0.15) is 5.82 Å². The van der Waals surface area contributed by atoms with Crippen LogP contribution in [0.2, 0.25) is 0 Å². The summed E-state index contributed by atoms with van der Waals surface area (Å²) in [5.41, 5.74) is 1.61. The van der Waals surface area contributed by atoms with E-state index in [9.17, 15) is 13.2 Å². The summed E-state index contributed by atoms with van der Waals surface area (Å²) < 4.78 is 39.1. The molecule has 6 heteroatoms. The lowest BCUT2D eigenvalue weighted by molar-refractivity contribution is -0.137. The number of nitrogens with zero attached hydrogens (tertiary/aromatic N) is 3. The van der Waals surface area contributed by atoms with Gasteiger partial charge in [-0.2, -0.15) is 13.2 Å². The molecule has 0 atom stereocenters. The standard InChI is InChI=1S/C18H20F3N3/c1-23(2)17-16(11-14(12-22-17)18(19,20)21)13-5-7-15(8-6-13)24-9-3-4-10-24/h5-8,11-12H,3-4,9-10H2,1-2H3. The Labute approximate surface area is 139 Å². The first-order chi connectivity index (χ1) is 11.4. The third kappa shape index (κ3) is 3.32. The van der Waals surface area contributed by atoms with E-state index in [1.54, 1.807) is 19.0 Å². The van der Waals surface area contributed by atoms with Gasteiger partial charge in [0.05, 0.1) is 5.56 Å². The highest BCUT2D eigenvalue weighted by Crippen LogP contribution is 2.36. The maximum Gasteiger partial charge on any atom is 0.417 e. The summed E-state index contributed by atoms with van der Waals surface area (Å²) in [6.07, 6.45) is -1.15. The maximum atomic E-state index is 13.0. The van der Waals surface area contributed by atoms with Crippen molar-refractivity contribution in [3.63, 3.8) is 0 Å². The van der Waals surface area contributed by atoms with Gasteiger partial charge in [0.15, 0.2) is 0 Å². The predicted octanol–water partition coefficient (Wildman–Crippen LogP) is 4.43. The highest BCUT2D eigenvalue weighted by atomic mass is 19.4. The fourth-order valence-electron chi connectivity index (χ4n) is 3.01. The fourth-order valence-corrected chi connectivity index (χ4v) is 3.01. The van der Waals surface area contributed by atoms with Crippen LogP contribution in [-0.2, 0) is 6.18 Å². The van der Waals surface area contributed by atoms with Gasteiger partial charge in [0.25, 0.3) is 0 Å². The first-order valence-corrected chi connectivity index (χ1v) is 7.96. The van der Waals surface area contributed by atoms with Crippen LogP contribution < -0.4 is 9.80 Å². The summed E-state index contributed by atoms with van der Waals surface area (Å²) in [6, 6.07) is 8.86. The van der Waals surface area contributed by atoms with E-state index in [1.165, 1.54) is 18.9 Å². The molecule has 1 saturated heterocycles. The van der Waals surface area contributed by atoms with Gasteiger partial charge < -0.3 is 9.80 Å². The molecule has 0 amide bonds. The molecule has 0 unspecified atom stereocenters. The van der Waals surface area contributed by atoms with E-state index in [0.29, 0.717) is 11.4 Å². The summed E-state index contributed by atoms with van der Waals surface area (Å²) in [4.78, 5) is 8.04. The molecule has 128 valence electrons. The molecule has 1 aromatic carbocycles. The highest BCUT2D eigenvalue weighted by molar-refractivity contribution is 5.77. The number of pyridine rings is 1. The Morgan fingerprint density at radius 3 is 2.21 bits per heavy atom. The van der Waals surface area contributed by atoms with Gasteiger partial charge in [0.2, 0.25) is 0 Å². The zero-order valence-electron chi connectivity index (χ0n) is 13.8. The van der Waals surface area contributed by atoms with E-state index in [-0.39, 0.29) is 0 Å². The molecule has 2 heterocycles. The Hall–Kier alpha value is -2.24. The third-order valence-electron chi connectivity index (χ3n) is 4.27. The van der Waals surface area contributed by atoms with Crippen LogP contribution in [0, 0.1) is 0 Å². The van der Waals surface area contributed by atoms with Crippen LogP contribution in [0.4, 0.5) is 24.7 Å². The van der Waals surface area contributed by atoms with Crippen molar-refractivity contribution in [3.8, 4) is 11.1 Å². The molecule has 0 spiro atoms. The van der Waals surface area contributed by atoms with Crippen LogP contribution in [0.5, 0.6) is 0 Å². The number of alkyl halides is 3. The maximum absolute atomic E-state index is 13.0. The number of benzene rings is 1. The molecular weight excluding hydrogens is 315 g/mol. The number of hydrogen-bond donors (Lipinski definition) is 0. The van der Waals surface area contributed by atoms with E-state index in [1.807, 2.05) is 24.3 Å². The molecule has 0 aliphatic carbocycles. The van der Waals surface area contributed by atoms with Crippen LogP contribution in [0.25, 0.3) is 11.1 Å². The molecule has 0 saturated carbocycles. The van der Waals surface area contributed by atoms with Crippen LogP contribution in [0.3, 0.4) is 0 Å². The molecular formula is C18H20F3N3. The van der Waals surface area contributed by atoms with Crippen molar-refractivity contribution in [1.29, 1.82) is 0 Å². The van der Waals surface area contributed by atoms with E-state index >= 15 is 0 Å². The van der Waals surface area contributed by atoms with Gasteiger partial charge in [0, 0.05) is 44.6 Å². The van der Waals surface area contributed by atoms with E-state index in [2.05, 4.69) is 9.88 Å². The highest BCUT2D eigenvalue weighted by Gasteiger charge is 2.32. The third-order valence-corrected chi connectivity index (χ3v) is 4.27. The van der Waals surface area contributed by atoms with E-state index < -0.39 is 11.7 Å². The Kier molecular flexibility index (Phi) is 4.39. The van der Waals surface area contributed by atoms with Crippen LogP contribution in [0.15, 0.2) is 36.5 Å². The van der Waals surface area contributed by atoms with Crippen molar-refractivity contribution in [2.45, 2.75) is 19.0 Å². The minimum atomic E-state index is -4.40. The number of rotatable bonds is 3. The summed E-state index contributed by atoms with van der Waals surface area (Å²) in [5, 5.41) is 0. The minimum absolute atomic E-state index is 0.489. The van der Waals surface area contributed by atoms with Gasteiger partial charge in [-0.1, -0.05) is 12.1 Å². The van der Waals surface area contributed by atoms with Crippen molar-refractivity contribution in [3.05, 3.63) is 42.1 Å². The van der Waals surface area contributed by atoms with Crippen molar-refractivity contribution in [2.24, 2.45) is 0 Å². The van der Waals surface area contributed by atoms with Crippen molar-refractivity contribution in [2.75, 3.05) is 37.0 Å². The summed E-state index contributed by atoms with van der Waals surface area (Å²) in [5.74, 6) is 0.525. The topological polar surface area (TPSA) is 19.4 Å². The summed E-state index contributed by atoms with van der Waals surface area (Å²) in [6.45, 7) is 2.07. The SMILES string of the molecule is CN(C)c1ncc(C(F)(F)F)cc1-c1ccc(N2CCCC2)cc1. The molecule has 1 aliphatic rings. The van der Waals surface area contributed by atoms with Crippen molar-refractivity contribution in [1.82, 2.24) is 4.98 Å². The lowest BCUT2D eigenvalue weighted by Crippen LogP contribution is -2.17. The second kappa shape index (κ2) is 6.34. The van der Waals surface area contributed by atoms with Crippen molar-refractivity contribution < 1.29 is 13.2 Å². The number of aromatic nitrogens is 1. The van der Waals surface area contributed by atoms with Gasteiger partial charge in [-0.3, -0.25) is 0 Å². The predicted molar refractivity (Wildman–Crippen MR) is 90.4 cm³/mol. The van der Waals surface area contributed by atoms with Crippen LogP contribution >= 0.6 is 0 Å². The largest absolute Gasteiger partial charge is 0.417 e. The molecule has 0 bridgehead atoms.